The minimum atomic E-state index is -0.344. The minimum absolute atomic E-state index is 0.0285. The lowest BCUT2D eigenvalue weighted by molar-refractivity contribution is 0.0601. The van der Waals surface area contributed by atoms with Gasteiger partial charge in [0, 0.05) is 5.69 Å². The van der Waals surface area contributed by atoms with Crippen molar-refractivity contribution in [2.75, 3.05) is 19.0 Å². The van der Waals surface area contributed by atoms with Crippen LogP contribution in [0.15, 0.2) is 48.5 Å². The molecule has 0 spiro atoms. The van der Waals surface area contributed by atoms with Gasteiger partial charge in [-0.05, 0) is 23.3 Å². The van der Waals surface area contributed by atoms with E-state index in [2.05, 4.69) is 17.4 Å². The Labute approximate surface area is 123 Å². The summed E-state index contributed by atoms with van der Waals surface area (Å²) in [5.74, 6) is -0.344. The molecule has 3 rings (SSSR count). The fourth-order valence-electron chi connectivity index (χ4n) is 2.59. The van der Waals surface area contributed by atoms with Crippen LogP contribution in [0.5, 0.6) is 0 Å². The summed E-state index contributed by atoms with van der Waals surface area (Å²) in [7, 11) is 1.39. The number of carbonyl (C=O) groups excluding carboxylic acids is 1. The van der Waals surface area contributed by atoms with Gasteiger partial charge in [0.05, 0.1) is 31.9 Å². The topological polar surface area (TPSA) is 47.6 Å². The molecule has 0 aromatic heterocycles. The standard InChI is InChI=1S/C17H17NO3/c1-20-17(19)14-8-4-5-9-15(14)18-16-11-21-10-12-6-2-3-7-13(12)16/h2-9,16,18H,10-11H2,1H3. The van der Waals surface area contributed by atoms with Crippen molar-refractivity contribution < 1.29 is 14.3 Å². The molecule has 2 aromatic carbocycles. The summed E-state index contributed by atoms with van der Waals surface area (Å²) in [5, 5.41) is 3.40. The molecule has 1 aliphatic rings. The van der Waals surface area contributed by atoms with Gasteiger partial charge in [-0.25, -0.2) is 4.79 Å². The average Bonchev–Trinajstić information content (AvgIpc) is 2.55. The van der Waals surface area contributed by atoms with E-state index in [0.717, 1.165) is 5.69 Å². The molecule has 108 valence electrons. The van der Waals surface area contributed by atoms with E-state index in [1.165, 1.54) is 18.2 Å². The molecule has 2 aromatic rings. The van der Waals surface area contributed by atoms with Gasteiger partial charge in [-0.3, -0.25) is 0 Å². The highest BCUT2D eigenvalue weighted by molar-refractivity contribution is 5.95. The molecule has 0 radical (unpaired) electrons. The second kappa shape index (κ2) is 5.97. The zero-order valence-electron chi connectivity index (χ0n) is 11.8. The predicted molar refractivity (Wildman–Crippen MR) is 80.2 cm³/mol. The number of methoxy groups -OCH3 is 1. The molecule has 1 atom stereocenters. The highest BCUT2D eigenvalue weighted by Crippen LogP contribution is 2.29. The number of hydrogen-bond donors (Lipinski definition) is 1. The molecule has 0 bridgehead atoms. The monoisotopic (exact) mass is 283 g/mol. The van der Waals surface area contributed by atoms with Crippen LogP contribution in [-0.2, 0) is 16.1 Å². The van der Waals surface area contributed by atoms with Crippen LogP contribution in [0, 0.1) is 0 Å². The third-order valence-corrected chi connectivity index (χ3v) is 3.63. The Kier molecular flexibility index (Phi) is 3.88. The Morgan fingerprint density at radius 2 is 1.95 bits per heavy atom. The molecule has 4 heteroatoms. The maximum Gasteiger partial charge on any atom is 0.339 e. The molecule has 0 fully saturated rings. The molecule has 0 saturated carbocycles. The van der Waals surface area contributed by atoms with Crippen molar-refractivity contribution in [2.24, 2.45) is 0 Å². The van der Waals surface area contributed by atoms with Crippen LogP contribution < -0.4 is 5.32 Å². The molecule has 0 saturated heterocycles. The largest absolute Gasteiger partial charge is 0.465 e. The Bertz CT molecular complexity index is 654. The van der Waals surface area contributed by atoms with E-state index in [0.29, 0.717) is 18.8 Å². The van der Waals surface area contributed by atoms with Crippen LogP contribution in [0.25, 0.3) is 0 Å². The van der Waals surface area contributed by atoms with E-state index >= 15 is 0 Å². The average molecular weight is 283 g/mol. The second-order valence-corrected chi connectivity index (χ2v) is 4.95. The third-order valence-electron chi connectivity index (χ3n) is 3.63. The summed E-state index contributed by atoms with van der Waals surface area (Å²) in [6.07, 6.45) is 0. The first-order valence-corrected chi connectivity index (χ1v) is 6.89. The van der Waals surface area contributed by atoms with E-state index < -0.39 is 0 Å². The van der Waals surface area contributed by atoms with E-state index in [9.17, 15) is 4.79 Å². The van der Waals surface area contributed by atoms with Crippen LogP contribution in [0.4, 0.5) is 5.69 Å². The first-order chi connectivity index (χ1) is 10.3. The van der Waals surface area contributed by atoms with Crippen LogP contribution in [0.1, 0.15) is 27.5 Å². The Hall–Kier alpha value is -2.33. The van der Waals surface area contributed by atoms with Crippen LogP contribution in [0.2, 0.25) is 0 Å². The molecule has 1 heterocycles. The number of carbonyl (C=O) groups is 1. The van der Waals surface area contributed by atoms with Gasteiger partial charge < -0.3 is 14.8 Å². The Morgan fingerprint density at radius 3 is 2.81 bits per heavy atom. The van der Waals surface area contributed by atoms with Crippen molar-refractivity contribution in [3.8, 4) is 0 Å². The number of benzene rings is 2. The van der Waals surface area contributed by atoms with Crippen molar-refractivity contribution in [3.05, 3.63) is 65.2 Å². The van der Waals surface area contributed by atoms with Gasteiger partial charge in [0.25, 0.3) is 0 Å². The summed E-state index contributed by atoms with van der Waals surface area (Å²) in [5.41, 5.74) is 3.68. The lowest BCUT2D eigenvalue weighted by atomic mass is 9.98. The van der Waals surface area contributed by atoms with E-state index in [-0.39, 0.29) is 12.0 Å². The van der Waals surface area contributed by atoms with Gasteiger partial charge in [0.1, 0.15) is 0 Å². The van der Waals surface area contributed by atoms with Crippen LogP contribution in [0.3, 0.4) is 0 Å². The smallest absolute Gasteiger partial charge is 0.339 e. The Morgan fingerprint density at radius 1 is 1.19 bits per heavy atom. The van der Waals surface area contributed by atoms with Gasteiger partial charge >= 0.3 is 5.97 Å². The quantitative estimate of drug-likeness (QED) is 0.879. The van der Waals surface area contributed by atoms with Crippen molar-refractivity contribution >= 4 is 11.7 Å². The summed E-state index contributed by atoms with van der Waals surface area (Å²) < 4.78 is 10.5. The number of fused-ring (bicyclic) bond motifs is 1. The molecule has 21 heavy (non-hydrogen) atoms. The van der Waals surface area contributed by atoms with Crippen LogP contribution >= 0.6 is 0 Å². The third kappa shape index (κ3) is 2.76. The highest BCUT2D eigenvalue weighted by atomic mass is 16.5. The lowest BCUT2D eigenvalue weighted by Crippen LogP contribution is -2.24. The second-order valence-electron chi connectivity index (χ2n) is 4.95. The van der Waals surface area contributed by atoms with E-state index in [1.54, 1.807) is 6.07 Å². The summed E-state index contributed by atoms with van der Waals surface area (Å²) in [6.45, 7) is 1.21. The zero-order valence-corrected chi connectivity index (χ0v) is 11.8. The molecular formula is C17H17NO3. The van der Waals surface area contributed by atoms with Crippen molar-refractivity contribution in [1.82, 2.24) is 0 Å². The molecule has 4 nitrogen and oxygen atoms in total. The van der Waals surface area contributed by atoms with E-state index in [4.69, 9.17) is 9.47 Å². The molecule has 1 aliphatic heterocycles. The minimum Gasteiger partial charge on any atom is -0.465 e. The lowest BCUT2D eigenvalue weighted by Gasteiger charge is -2.28. The first kappa shape index (κ1) is 13.6. The Balaban J connectivity index is 1.90. The maximum absolute atomic E-state index is 11.8. The van der Waals surface area contributed by atoms with Gasteiger partial charge in [-0.1, -0.05) is 36.4 Å². The van der Waals surface area contributed by atoms with Gasteiger partial charge in [0.2, 0.25) is 0 Å². The molecular weight excluding hydrogens is 266 g/mol. The van der Waals surface area contributed by atoms with Crippen molar-refractivity contribution in [3.63, 3.8) is 0 Å². The number of ether oxygens (including phenoxy) is 2. The van der Waals surface area contributed by atoms with Gasteiger partial charge in [0.15, 0.2) is 0 Å². The molecule has 1 N–H and O–H groups in total. The zero-order chi connectivity index (χ0) is 14.7. The van der Waals surface area contributed by atoms with Crippen molar-refractivity contribution in [1.29, 1.82) is 0 Å². The number of nitrogens with one attached hydrogen (secondary N) is 1. The number of anilines is 1. The number of rotatable bonds is 3. The SMILES string of the molecule is COC(=O)c1ccccc1NC1COCc2ccccc21. The molecule has 0 amide bonds. The molecule has 1 unspecified atom stereocenters. The summed E-state index contributed by atoms with van der Waals surface area (Å²) >= 11 is 0. The summed E-state index contributed by atoms with van der Waals surface area (Å²) in [4.78, 5) is 11.8. The molecule has 0 aliphatic carbocycles. The van der Waals surface area contributed by atoms with Crippen molar-refractivity contribution in [2.45, 2.75) is 12.6 Å². The first-order valence-electron chi connectivity index (χ1n) is 6.89. The normalized spacial score (nSPS) is 16.9. The number of hydrogen-bond acceptors (Lipinski definition) is 4. The van der Waals surface area contributed by atoms with Crippen LogP contribution in [-0.4, -0.2) is 19.7 Å². The number of para-hydroxylation sites is 1. The van der Waals surface area contributed by atoms with Gasteiger partial charge in [-0.2, -0.15) is 0 Å². The predicted octanol–water partition coefficient (Wildman–Crippen LogP) is 3.16. The fourth-order valence-corrected chi connectivity index (χ4v) is 2.59. The highest BCUT2D eigenvalue weighted by Gasteiger charge is 2.22. The van der Waals surface area contributed by atoms with E-state index in [1.807, 2.05) is 30.3 Å². The van der Waals surface area contributed by atoms with Gasteiger partial charge in [-0.15, -0.1) is 0 Å². The number of esters is 1. The fraction of sp³-hybridized carbons (Fsp3) is 0.235. The summed E-state index contributed by atoms with van der Waals surface area (Å²) in [6, 6.07) is 15.6. The maximum atomic E-state index is 11.8.